The summed E-state index contributed by atoms with van der Waals surface area (Å²) in [5.41, 5.74) is 0.751. The van der Waals surface area contributed by atoms with Crippen molar-refractivity contribution in [3.05, 3.63) is 17.5 Å². The Morgan fingerprint density at radius 1 is 1.48 bits per heavy atom. The molecule has 0 radical (unpaired) electrons. The molecule has 1 saturated heterocycles. The summed E-state index contributed by atoms with van der Waals surface area (Å²) in [4.78, 5) is 14.4. The van der Waals surface area contributed by atoms with Crippen LogP contribution in [0.1, 0.15) is 61.2 Å². The van der Waals surface area contributed by atoms with E-state index in [0.29, 0.717) is 37.8 Å². The Hall–Kier alpha value is -1.40. The summed E-state index contributed by atoms with van der Waals surface area (Å²) < 4.78 is 11.0. The number of nitrogens with zero attached hydrogens (tertiary/aromatic N) is 2. The molecule has 6 heteroatoms. The Morgan fingerprint density at radius 2 is 2.22 bits per heavy atom. The van der Waals surface area contributed by atoms with E-state index in [2.05, 4.69) is 5.16 Å². The van der Waals surface area contributed by atoms with Crippen LogP contribution in [0.2, 0.25) is 0 Å². The Kier molecular flexibility index (Phi) is 3.69. The fourth-order valence-corrected chi connectivity index (χ4v) is 4.06. The lowest BCUT2D eigenvalue weighted by molar-refractivity contribution is -0.207. The molecule has 4 rings (SSSR count). The van der Waals surface area contributed by atoms with Crippen molar-refractivity contribution in [3.63, 3.8) is 0 Å². The molecule has 2 heterocycles. The van der Waals surface area contributed by atoms with Crippen molar-refractivity contribution in [1.29, 1.82) is 0 Å². The highest BCUT2D eigenvalue weighted by Gasteiger charge is 2.56. The zero-order chi connectivity index (χ0) is 16.0. The number of ether oxygens (including phenoxy) is 1. The van der Waals surface area contributed by atoms with Crippen molar-refractivity contribution in [2.24, 2.45) is 5.41 Å². The molecular formula is C17H24N2O4. The maximum Gasteiger partial charge on any atom is 0.292 e. The van der Waals surface area contributed by atoms with E-state index in [4.69, 9.17) is 9.26 Å². The maximum atomic E-state index is 12.6. The first kappa shape index (κ1) is 15.1. The normalized spacial score (nSPS) is 29.6. The van der Waals surface area contributed by atoms with Gasteiger partial charge in [0, 0.05) is 43.5 Å². The summed E-state index contributed by atoms with van der Waals surface area (Å²) in [5.74, 6) is 0.751. The van der Waals surface area contributed by atoms with Crippen molar-refractivity contribution in [1.82, 2.24) is 10.1 Å². The largest absolute Gasteiger partial charge is 0.392 e. The van der Waals surface area contributed by atoms with Crippen LogP contribution in [0.5, 0.6) is 0 Å². The summed E-state index contributed by atoms with van der Waals surface area (Å²) in [5, 5.41) is 14.2. The van der Waals surface area contributed by atoms with Crippen LogP contribution in [0.3, 0.4) is 0 Å². The molecule has 1 spiro atoms. The third kappa shape index (κ3) is 2.48. The van der Waals surface area contributed by atoms with Crippen LogP contribution in [0.4, 0.5) is 0 Å². The average Bonchev–Trinajstić information content (AvgIpc) is 3.31. The molecule has 0 bridgehead atoms. The Morgan fingerprint density at radius 3 is 2.83 bits per heavy atom. The van der Waals surface area contributed by atoms with Gasteiger partial charge in [0.05, 0.1) is 17.9 Å². The van der Waals surface area contributed by atoms with Gasteiger partial charge in [-0.05, 0) is 32.6 Å². The molecule has 3 fully saturated rings. The molecule has 2 atom stereocenters. The zero-order valence-corrected chi connectivity index (χ0v) is 13.5. The lowest BCUT2D eigenvalue weighted by Gasteiger charge is -2.56. The third-order valence-corrected chi connectivity index (χ3v) is 5.83. The van der Waals surface area contributed by atoms with Gasteiger partial charge in [-0.3, -0.25) is 4.79 Å². The second-order valence-corrected chi connectivity index (χ2v) is 7.11. The SMILES string of the molecule is CCO[C@@H]1C[C@H](O)C12CCN(C(=O)c1cc(C3CC3)no1)CC2. The molecule has 2 saturated carbocycles. The highest BCUT2D eigenvalue weighted by Crippen LogP contribution is 2.51. The standard InChI is InChI=1S/C17H24N2O4/c1-2-22-15-10-14(20)17(15)5-7-19(8-6-17)16(21)13-9-12(18-23-13)11-3-4-11/h9,11,14-15,20H,2-8,10H2,1H3/t14-,15+/m0/s1. The number of carbonyl (C=O) groups excluding carboxylic acids is 1. The van der Waals surface area contributed by atoms with Gasteiger partial charge in [0.2, 0.25) is 5.76 Å². The van der Waals surface area contributed by atoms with Gasteiger partial charge in [0.25, 0.3) is 5.91 Å². The van der Waals surface area contributed by atoms with E-state index in [1.807, 2.05) is 11.8 Å². The van der Waals surface area contributed by atoms with Crippen molar-refractivity contribution in [3.8, 4) is 0 Å². The van der Waals surface area contributed by atoms with E-state index in [0.717, 1.165) is 31.4 Å². The number of piperidine rings is 1. The minimum atomic E-state index is -0.303. The van der Waals surface area contributed by atoms with E-state index in [-0.39, 0.29) is 23.5 Å². The van der Waals surface area contributed by atoms with E-state index < -0.39 is 0 Å². The van der Waals surface area contributed by atoms with Crippen molar-refractivity contribution >= 4 is 5.91 Å². The first-order valence-electron chi connectivity index (χ1n) is 8.69. The van der Waals surface area contributed by atoms with Crippen molar-refractivity contribution < 1.29 is 19.2 Å². The smallest absolute Gasteiger partial charge is 0.292 e. The first-order valence-corrected chi connectivity index (χ1v) is 8.69. The van der Waals surface area contributed by atoms with E-state index >= 15 is 0 Å². The number of rotatable bonds is 4. The quantitative estimate of drug-likeness (QED) is 0.917. The number of aliphatic hydroxyl groups is 1. The molecule has 23 heavy (non-hydrogen) atoms. The number of aromatic nitrogens is 1. The van der Waals surface area contributed by atoms with Gasteiger partial charge in [0.15, 0.2) is 0 Å². The second-order valence-electron chi connectivity index (χ2n) is 7.11. The highest BCUT2D eigenvalue weighted by atomic mass is 16.5. The van der Waals surface area contributed by atoms with Gasteiger partial charge >= 0.3 is 0 Å². The molecule has 6 nitrogen and oxygen atoms in total. The maximum absolute atomic E-state index is 12.6. The van der Waals surface area contributed by atoms with Crippen LogP contribution >= 0.6 is 0 Å². The Bertz CT molecular complexity index is 585. The number of carbonyl (C=O) groups is 1. The van der Waals surface area contributed by atoms with Crippen molar-refractivity contribution in [2.75, 3.05) is 19.7 Å². The van der Waals surface area contributed by atoms with Gasteiger partial charge in [-0.1, -0.05) is 5.16 Å². The summed E-state index contributed by atoms with van der Waals surface area (Å²) in [6, 6.07) is 1.80. The number of hydrogen-bond acceptors (Lipinski definition) is 5. The summed E-state index contributed by atoms with van der Waals surface area (Å²) in [6.45, 7) is 3.93. The Labute approximate surface area is 135 Å². The number of amides is 1. The minimum Gasteiger partial charge on any atom is -0.392 e. The molecule has 126 valence electrons. The molecule has 0 aromatic carbocycles. The fraction of sp³-hybridized carbons (Fsp3) is 0.765. The number of likely N-dealkylation sites (tertiary alicyclic amines) is 1. The number of hydrogen-bond donors (Lipinski definition) is 1. The second kappa shape index (κ2) is 5.60. The molecular weight excluding hydrogens is 296 g/mol. The fourth-order valence-electron chi connectivity index (χ4n) is 4.06. The van der Waals surface area contributed by atoms with Gasteiger partial charge in [-0.2, -0.15) is 0 Å². The van der Waals surface area contributed by atoms with Crippen LogP contribution in [0.15, 0.2) is 10.6 Å². The summed E-state index contributed by atoms with van der Waals surface area (Å²) >= 11 is 0. The summed E-state index contributed by atoms with van der Waals surface area (Å²) in [6.07, 6.45) is 4.40. The van der Waals surface area contributed by atoms with Crippen LogP contribution in [-0.2, 0) is 4.74 Å². The summed E-state index contributed by atoms with van der Waals surface area (Å²) in [7, 11) is 0. The van der Waals surface area contributed by atoms with Gasteiger partial charge in [0.1, 0.15) is 0 Å². The Balaban J connectivity index is 1.39. The van der Waals surface area contributed by atoms with E-state index in [1.54, 1.807) is 6.07 Å². The topological polar surface area (TPSA) is 75.8 Å². The molecule has 1 N–H and O–H groups in total. The molecule has 1 aromatic rings. The molecule has 1 aromatic heterocycles. The van der Waals surface area contributed by atoms with Gasteiger partial charge < -0.3 is 19.3 Å². The first-order chi connectivity index (χ1) is 11.1. The predicted molar refractivity (Wildman–Crippen MR) is 82.1 cm³/mol. The molecule has 2 aliphatic carbocycles. The number of aliphatic hydroxyl groups excluding tert-OH is 1. The van der Waals surface area contributed by atoms with Crippen LogP contribution in [0, 0.1) is 5.41 Å². The van der Waals surface area contributed by atoms with Gasteiger partial charge in [-0.25, -0.2) is 0 Å². The predicted octanol–water partition coefficient (Wildman–Crippen LogP) is 1.94. The van der Waals surface area contributed by atoms with Crippen molar-refractivity contribution in [2.45, 2.75) is 57.2 Å². The van der Waals surface area contributed by atoms with E-state index in [1.165, 1.54) is 0 Å². The van der Waals surface area contributed by atoms with Gasteiger partial charge in [-0.15, -0.1) is 0 Å². The average molecular weight is 320 g/mol. The van der Waals surface area contributed by atoms with Crippen LogP contribution in [0.25, 0.3) is 0 Å². The molecule has 1 aliphatic heterocycles. The molecule has 0 unspecified atom stereocenters. The van der Waals surface area contributed by atoms with Crippen LogP contribution in [-0.4, -0.2) is 53.0 Å². The molecule has 3 aliphatic rings. The minimum absolute atomic E-state index is 0.0824. The zero-order valence-electron chi connectivity index (χ0n) is 13.5. The third-order valence-electron chi connectivity index (χ3n) is 5.83. The lowest BCUT2D eigenvalue weighted by atomic mass is 9.58. The monoisotopic (exact) mass is 320 g/mol. The molecule has 1 amide bonds. The highest BCUT2D eigenvalue weighted by molar-refractivity contribution is 5.91. The lowest BCUT2D eigenvalue weighted by Crippen LogP contribution is -2.62. The van der Waals surface area contributed by atoms with E-state index in [9.17, 15) is 9.90 Å². The van der Waals surface area contributed by atoms with Crippen LogP contribution < -0.4 is 0 Å².